The topological polar surface area (TPSA) is 49.8 Å². The number of hydrogen-bond donors (Lipinski definition) is 1. The summed E-state index contributed by atoms with van der Waals surface area (Å²) in [4.78, 5) is 13.4. The van der Waals surface area contributed by atoms with E-state index in [2.05, 4.69) is 6.58 Å². The van der Waals surface area contributed by atoms with E-state index in [0.29, 0.717) is 25.9 Å². The van der Waals surface area contributed by atoms with Crippen LogP contribution < -0.4 is 0 Å². The van der Waals surface area contributed by atoms with Crippen molar-refractivity contribution in [2.75, 3.05) is 13.1 Å². The van der Waals surface area contributed by atoms with E-state index in [1.165, 1.54) is 0 Å². The Labute approximate surface area is 113 Å². The number of benzene rings is 1. The number of amides is 1. The molecule has 1 unspecified atom stereocenters. The monoisotopic (exact) mass is 261 g/mol. The normalized spacial score (nSPS) is 22.3. The third-order valence-electron chi connectivity index (χ3n) is 3.32. The van der Waals surface area contributed by atoms with Crippen LogP contribution in [0.3, 0.4) is 0 Å². The second-order valence-corrected chi connectivity index (χ2v) is 4.93. The predicted octanol–water partition coefficient (Wildman–Crippen LogP) is 2.34. The minimum atomic E-state index is -0.840. The molecule has 1 atom stereocenters. The molecule has 1 aliphatic heterocycles. The molecule has 1 aromatic carbocycles. The van der Waals surface area contributed by atoms with Gasteiger partial charge in [0.2, 0.25) is 0 Å². The van der Waals surface area contributed by atoms with Crippen LogP contribution in [0, 0.1) is 0 Å². The van der Waals surface area contributed by atoms with Crippen molar-refractivity contribution in [3.8, 4) is 0 Å². The molecule has 102 valence electrons. The van der Waals surface area contributed by atoms with Gasteiger partial charge < -0.3 is 14.7 Å². The van der Waals surface area contributed by atoms with Gasteiger partial charge in [-0.15, -0.1) is 6.58 Å². The van der Waals surface area contributed by atoms with Crippen molar-refractivity contribution in [3.63, 3.8) is 0 Å². The quantitative estimate of drug-likeness (QED) is 0.846. The van der Waals surface area contributed by atoms with Gasteiger partial charge in [0.1, 0.15) is 6.61 Å². The van der Waals surface area contributed by atoms with Crippen molar-refractivity contribution in [2.24, 2.45) is 0 Å². The molecule has 1 aromatic rings. The average molecular weight is 261 g/mol. The Hall–Kier alpha value is -1.81. The van der Waals surface area contributed by atoms with Crippen molar-refractivity contribution in [1.29, 1.82) is 0 Å². The maximum atomic E-state index is 11.9. The van der Waals surface area contributed by atoms with Crippen LogP contribution in [0.5, 0.6) is 0 Å². The second kappa shape index (κ2) is 5.89. The van der Waals surface area contributed by atoms with E-state index >= 15 is 0 Å². The molecular weight excluding hydrogens is 242 g/mol. The van der Waals surface area contributed by atoms with E-state index in [0.717, 1.165) is 5.56 Å². The summed E-state index contributed by atoms with van der Waals surface area (Å²) >= 11 is 0. The molecule has 0 bridgehead atoms. The fraction of sp³-hybridized carbons (Fsp3) is 0.400. The Morgan fingerprint density at radius 2 is 2.21 bits per heavy atom. The number of ether oxygens (including phenoxy) is 1. The molecule has 1 saturated heterocycles. The van der Waals surface area contributed by atoms with Crippen molar-refractivity contribution in [2.45, 2.75) is 25.0 Å². The predicted molar refractivity (Wildman–Crippen MR) is 72.6 cm³/mol. The lowest BCUT2D eigenvalue weighted by Gasteiger charge is -2.21. The zero-order valence-electron chi connectivity index (χ0n) is 10.9. The van der Waals surface area contributed by atoms with E-state index in [-0.39, 0.29) is 12.7 Å². The summed E-state index contributed by atoms with van der Waals surface area (Å²) in [5, 5.41) is 10.2. The molecule has 1 fully saturated rings. The van der Waals surface area contributed by atoms with Crippen LogP contribution in [-0.4, -0.2) is 34.8 Å². The van der Waals surface area contributed by atoms with Crippen molar-refractivity contribution in [3.05, 3.63) is 48.6 Å². The lowest BCUT2D eigenvalue weighted by molar-refractivity contribution is 0.0461. The van der Waals surface area contributed by atoms with Gasteiger partial charge in [0.25, 0.3) is 0 Å². The highest BCUT2D eigenvalue weighted by molar-refractivity contribution is 5.68. The van der Waals surface area contributed by atoms with E-state index in [4.69, 9.17) is 4.74 Å². The van der Waals surface area contributed by atoms with Crippen LogP contribution in [0.2, 0.25) is 0 Å². The third-order valence-corrected chi connectivity index (χ3v) is 3.32. The van der Waals surface area contributed by atoms with Gasteiger partial charge in [0.15, 0.2) is 0 Å². The number of likely N-dealkylation sites (tertiary alicyclic amines) is 1. The number of rotatable bonds is 4. The highest BCUT2D eigenvalue weighted by Crippen LogP contribution is 2.25. The lowest BCUT2D eigenvalue weighted by Crippen LogP contribution is -2.35. The van der Waals surface area contributed by atoms with E-state index < -0.39 is 5.60 Å². The van der Waals surface area contributed by atoms with Crippen molar-refractivity contribution >= 4 is 6.09 Å². The number of nitrogens with zero attached hydrogens (tertiary/aromatic N) is 1. The number of β-amino-alcohol motifs (C(OH)–C–C–N with tert-alkyl or cyclic N) is 1. The Bertz CT molecular complexity index is 446. The van der Waals surface area contributed by atoms with Gasteiger partial charge in [-0.25, -0.2) is 4.79 Å². The molecule has 19 heavy (non-hydrogen) atoms. The maximum absolute atomic E-state index is 11.9. The standard InChI is InChI=1S/C15H19NO3/c1-2-8-15(18)9-10-16(12-15)14(17)19-11-13-6-4-3-5-7-13/h2-7,18H,1,8-12H2. The Morgan fingerprint density at radius 1 is 1.47 bits per heavy atom. The summed E-state index contributed by atoms with van der Waals surface area (Å²) in [7, 11) is 0. The first-order chi connectivity index (χ1) is 9.13. The summed E-state index contributed by atoms with van der Waals surface area (Å²) in [5.74, 6) is 0. The van der Waals surface area contributed by atoms with Gasteiger partial charge in [-0.3, -0.25) is 0 Å². The second-order valence-electron chi connectivity index (χ2n) is 4.93. The number of aliphatic hydroxyl groups is 1. The number of carbonyl (C=O) groups is 1. The molecule has 0 spiro atoms. The van der Waals surface area contributed by atoms with Gasteiger partial charge in [-0.1, -0.05) is 36.4 Å². The fourth-order valence-corrected chi connectivity index (χ4v) is 2.26. The number of carbonyl (C=O) groups excluding carboxylic acids is 1. The summed E-state index contributed by atoms with van der Waals surface area (Å²) in [6.07, 6.45) is 2.37. The minimum absolute atomic E-state index is 0.260. The average Bonchev–Trinajstić information content (AvgIpc) is 2.80. The van der Waals surface area contributed by atoms with Crippen LogP contribution in [0.15, 0.2) is 43.0 Å². The van der Waals surface area contributed by atoms with Gasteiger partial charge in [-0.2, -0.15) is 0 Å². The SMILES string of the molecule is C=CCC1(O)CCN(C(=O)OCc2ccccc2)C1. The largest absolute Gasteiger partial charge is 0.445 e. The van der Waals surface area contributed by atoms with E-state index in [1.807, 2.05) is 30.3 Å². The van der Waals surface area contributed by atoms with E-state index in [1.54, 1.807) is 11.0 Å². The molecule has 2 rings (SSSR count). The minimum Gasteiger partial charge on any atom is -0.445 e. The van der Waals surface area contributed by atoms with Crippen molar-refractivity contribution in [1.82, 2.24) is 4.90 Å². The molecule has 4 heteroatoms. The van der Waals surface area contributed by atoms with Crippen molar-refractivity contribution < 1.29 is 14.6 Å². The molecular formula is C15H19NO3. The molecule has 1 N–H and O–H groups in total. The van der Waals surface area contributed by atoms with Crippen LogP contribution in [0.1, 0.15) is 18.4 Å². The molecule has 0 saturated carbocycles. The van der Waals surface area contributed by atoms with Crippen LogP contribution >= 0.6 is 0 Å². The van der Waals surface area contributed by atoms with Gasteiger partial charge in [-0.05, 0) is 18.4 Å². The van der Waals surface area contributed by atoms with Gasteiger partial charge in [0, 0.05) is 6.54 Å². The van der Waals surface area contributed by atoms with Gasteiger partial charge >= 0.3 is 6.09 Å². The molecule has 1 aliphatic rings. The smallest absolute Gasteiger partial charge is 0.410 e. The third kappa shape index (κ3) is 3.58. The Balaban J connectivity index is 1.83. The summed E-state index contributed by atoms with van der Waals surface area (Å²) < 4.78 is 5.23. The highest BCUT2D eigenvalue weighted by Gasteiger charge is 2.37. The Morgan fingerprint density at radius 3 is 2.89 bits per heavy atom. The summed E-state index contributed by atoms with van der Waals surface area (Å²) in [6, 6.07) is 9.54. The molecule has 1 amide bonds. The molecule has 4 nitrogen and oxygen atoms in total. The lowest BCUT2D eigenvalue weighted by atomic mass is 9.99. The highest BCUT2D eigenvalue weighted by atomic mass is 16.6. The zero-order valence-corrected chi connectivity index (χ0v) is 10.9. The molecule has 0 aliphatic carbocycles. The molecule has 1 heterocycles. The molecule has 0 radical (unpaired) electrons. The summed E-state index contributed by atoms with van der Waals surface area (Å²) in [5.41, 5.74) is 0.115. The molecule has 0 aromatic heterocycles. The first-order valence-corrected chi connectivity index (χ1v) is 6.42. The van der Waals surface area contributed by atoms with E-state index in [9.17, 15) is 9.90 Å². The summed E-state index contributed by atoms with van der Waals surface area (Å²) in [6.45, 7) is 4.72. The fourth-order valence-electron chi connectivity index (χ4n) is 2.26. The van der Waals surface area contributed by atoms with Crippen LogP contribution in [-0.2, 0) is 11.3 Å². The first-order valence-electron chi connectivity index (χ1n) is 6.42. The number of hydrogen-bond acceptors (Lipinski definition) is 3. The first kappa shape index (κ1) is 13.6. The zero-order chi connectivity index (χ0) is 13.7. The van der Waals surface area contributed by atoms with Gasteiger partial charge in [0.05, 0.1) is 12.1 Å². The maximum Gasteiger partial charge on any atom is 0.410 e. The van der Waals surface area contributed by atoms with Crippen LogP contribution in [0.4, 0.5) is 4.79 Å². The van der Waals surface area contributed by atoms with Crippen LogP contribution in [0.25, 0.3) is 0 Å². The Kier molecular flexibility index (Phi) is 4.22.